The van der Waals surface area contributed by atoms with Crippen LogP contribution < -0.4 is 11.1 Å². The molecule has 1 aromatic rings. The van der Waals surface area contributed by atoms with Crippen molar-refractivity contribution in [1.82, 2.24) is 5.32 Å². The first-order chi connectivity index (χ1) is 8.70. The molecule has 0 radical (unpaired) electrons. The van der Waals surface area contributed by atoms with Crippen molar-refractivity contribution in [2.45, 2.75) is 25.2 Å². The third-order valence-electron chi connectivity index (χ3n) is 2.92. The van der Waals surface area contributed by atoms with Crippen LogP contribution >= 0.6 is 0 Å². The summed E-state index contributed by atoms with van der Waals surface area (Å²) in [4.78, 5) is 11.9. The van der Waals surface area contributed by atoms with Crippen LogP contribution in [-0.2, 0) is 10.2 Å². The summed E-state index contributed by atoms with van der Waals surface area (Å²) in [5, 5.41) is 2.10. The Morgan fingerprint density at radius 1 is 1.32 bits per heavy atom. The van der Waals surface area contributed by atoms with Crippen LogP contribution in [0, 0.1) is 5.82 Å². The molecule has 19 heavy (non-hydrogen) atoms. The highest BCUT2D eigenvalue weighted by atomic mass is 19.3. The zero-order valence-corrected chi connectivity index (χ0v) is 10.8. The number of carbonyl (C=O) groups excluding carboxylic acids is 1. The lowest BCUT2D eigenvalue weighted by Gasteiger charge is -2.26. The van der Waals surface area contributed by atoms with E-state index in [9.17, 15) is 18.0 Å². The number of rotatable bonds is 5. The summed E-state index contributed by atoms with van der Waals surface area (Å²) < 4.78 is 39.6. The van der Waals surface area contributed by atoms with Crippen molar-refractivity contribution in [3.05, 3.63) is 35.6 Å². The number of carbonyl (C=O) groups is 1. The quantitative estimate of drug-likeness (QED) is 0.860. The van der Waals surface area contributed by atoms with Crippen LogP contribution in [0.2, 0.25) is 0 Å². The Kier molecular flexibility index (Phi) is 4.57. The standard InChI is InChI=1S/C13H17F3N2O/c1-12(2,9-5-3-4-6-10(9)14)11(19)18-8-13(15,16)7-17/h3-6H,7-8,17H2,1-2H3,(H,18,19). The van der Waals surface area contributed by atoms with E-state index in [0.29, 0.717) is 0 Å². The molecular weight excluding hydrogens is 257 g/mol. The summed E-state index contributed by atoms with van der Waals surface area (Å²) in [5.41, 5.74) is 3.79. The Morgan fingerprint density at radius 2 is 1.89 bits per heavy atom. The van der Waals surface area contributed by atoms with Crippen molar-refractivity contribution in [3.63, 3.8) is 0 Å². The largest absolute Gasteiger partial charge is 0.349 e. The molecule has 1 amide bonds. The van der Waals surface area contributed by atoms with Crippen LogP contribution in [0.5, 0.6) is 0 Å². The highest BCUT2D eigenvalue weighted by molar-refractivity contribution is 5.87. The predicted octanol–water partition coefficient (Wildman–Crippen LogP) is 1.81. The molecule has 0 aromatic heterocycles. The van der Waals surface area contributed by atoms with Gasteiger partial charge in [0.15, 0.2) is 0 Å². The Hall–Kier alpha value is -1.56. The Labute approximate surface area is 110 Å². The van der Waals surface area contributed by atoms with E-state index in [-0.39, 0.29) is 5.56 Å². The molecule has 106 valence electrons. The number of halogens is 3. The van der Waals surface area contributed by atoms with Gasteiger partial charge in [0.2, 0.25) is 5.91 Å². The second kappa shape index (κ2) is 5.61. The second-order valence-corrected chi connectivity index (χ2v) is 4.85. The zero-order valence-electron chi connectivity index (χ0n) is 10.8. The summed E-state index contributed by atoms with van der Waals surface area (Å²) in [7, 11) is 0. The van der Waals surface area contributed by atoms with Crippen LogP contribution in [0.1, 0.15) is 19.4 Å². The van der Waals surface area contributed by atoms with E-state index < -0.39 is 36.2 Å². The smallest absolute Gasteiger partial charge is 0.277 e. The van der Waals surface area contributed by atoms with Crippen molar-refractivity contribution < 1.29 is 18.0 Å². The molecular formula is C13H17F3N2O. The van der Waals surface area contributed by atoms with Gasteiger partial charge in [0.1, 0.15) is 5.82 Å². The van der Waals surface area contributed by atoms with Gasteiger partial charge in [0, 0.05) is 5.56 Å². The maximum Gasteiger partial charge on any atom is 0.277 e. The highest BCUT2D eigenvalue weighted by Crippen LogP contribution is 2.26. The lowest BCUT2D eigenvalue weighted by Crippen LogP contribution is -2.47. The molecule has 0 unspecified atom stereocenters. The maximum atomic E-state index is 13.6. The fourth-order valence-electron chi connectivity index (χ4n) is 1.59. The topological polar surface area (TPSA) is 55.1 Å². The molecule has 0 fully saturated rings. The van der Waals surface area contributed by atoms with E-state index in [1.54, 1.807) is 6.07 Å². The normalized spacial score (nSPS) is 12.3. The van der Waals surface area contributed by atoms with E-state index in [4.69, 9.17) is 5.73 Å². The van der Waals surface area contributed by atoms with E-state index >= 15 is 0 Å². The molecule has 3 N–H and O–H groups in total. The van der Waals surface area contributed by atoms with E-state index in [1.165, 1.54) is 32.0 Å². The number of alkyl halides is 2. The first-order valence-electron chi connectivity index (χ1n) is 5.82. The van der Waals surface area contributed by atoms with Crippen molar-refractivity contribution in [3.8, 4) is 0 Å². The molecule has 0 aliphatic rings. The average Bonchev–Trinajstić information content (AvgIpc) is 2.36. The minimum atomic E-state index is -3.17. The van der Waals surface area contributed by atoms with Gasteiger partial charge in [-0.2, -0.15) is 0 Å². The lowest BCUT2D eigenvalue weighted by molar-refractivity contribution is -0.127. The SMILES string of the molecule is CC(C)(C(=O)NCC(F)(F)CN)c1ccccc1F. The van der Waals surface area contributed by atoms with Gasteiger partial charge in [-0.3, -0.25) is 4.79 Å². The molecule has 0 aliphatic carbocycles. The van der Waals surface area contributed by atoms with Crippen molar-refractivity contribution in [2.24, 2.45) is 5.73 Å². The summed E-state index contributed by atoms with van der Waals surface area (Å²) in [6, 6.07) is 5.76. The monoisotopic (exact) mass is 274 g/mol. The van der Waals surface area contributed by atoms with Crippen LogP contribution in [0.15, 0.2) is 24.3 Å². The van der Waals surface area contributed by atoms with Crippen molar-refractivity contribution in [1.29, 1.82) is 0 Å². The zero-order chi connectivity index (χ0) is 14.7. The molecule has 1 aromatic carbocycles. The number of nitrogens with two attached hydrogens (primary N) is 1. The second-order valence-electron chi connectivity index (χ2n) is 4.85. The highest BCUT2D eigenvalue weighted by Gasteiger charge is 2.35. The van der Waals surface area contributed by atoms with Crippen molar-refractivity contribution >= 4 is 5.91 Å². The minimum Gasteiger partial charge on any atom is -0.349 e. The van der Waals surface area contributed by atoms with E-state index in [0.717, 1.165) is 0 Å². The molecule has 0 heterocycles. The van der Waals surface area contributed by atoms with E-state index in [2.05, 4.69) is 5.32 Å². The van der Waals surface area contributed by atoms with Gasteiger partial charge in [-0.1, -0.05) is 18.2 Å². The van der Waals surface area contributed by atoms with Gasteiger partial charge < -0.3 is 11.1 Å². The molecule has 1 rings (SSSR count). The van der Waals surface area contributed by atoms with Gasteiger partial charge in [-0.25, -0.2) is 13.2 Å². The molecule has 0 spiro atoms. The average molecular weight is 274 g/mol. The number of amides is 1. The third kappa shape index (κ3) is 3.70. The first-order valence-corrected chi connectivity index (χ1v) is 5.82. The first kappa shape index (κ1) is 15.5. The molecule has 6 heteroatoms. The summed E-state index contributed by atoms with van der Waals surface area (Å²) in [6.07, 6.45) is 0. The van der Waals surface area contributed by atoms with Crippen LogP contribution in [0.25, 0.3) is 0 Å². The van der Waals surface area contributed by atoms with Crippen LogP contribution in [0.3, 0.4) is 0 Å². The Balaban J connectivity index is 2.84. The fourth-order valence-corrected chi connectivity index (χ4v) is 1.59. The van der Waals surface area contributed by atoms with E-state index in [1.807, 2.05) is 0 Å². The van der Waals surface area contributed by atoms with Crippen molar-refractivity contribution in [2.75, 3.05) is 13.1 Å². The third-order valence-corrected chi connectivity index (χ3v) is 2.92. The van der Waals surface area contributed by atoms with Crippen LogP contribution in [-0.4, -0.2) is 24.9 Å². The number of hydrogen-bond donors (Lipinski definition) is 2. The molecule has 0 bridgehead atoms. The summed E-state index contributed by atoms with van der Waals surface area (Å²) in [5.74, 6) is -4.39. The molecule has 0 saturated heterocycles. The van der Waals surface area contributed by atoms with Gasteiger partial charge in [0.25, 0.3) is 5.92 Å². The summed E-state index contributed by atoms with van der Waals surface area (Å²) >= 11 is 0. The fraction of sp³-hybridized carbons (Fsp3) is 0.462. The molecule has 0 atom stereocenters. The molecule has 0 aliphatic heterocycles. The number of benzene rings is 1. The maximum absolute atomic E-state index is 13.6. The van der Waals surface area contributed by atoms with Gasteiger partial charge in [0.05, 0.1) is 18.5 Å². The minimum absolute atomic E-state index is 0.156. The number of hydrogen-bond acceptors (Lipinski definition) is 2. The Bertz CT molecular complexity index is 461. The molecule has 3 nitrogen and oxygen atoms in total. The van der Waals surface area contributed by atoms with Gasteiger partial charge in [-0.05, 0) is 19.9 Å². The predicted molar refractivity (Wildman–Crippen MR) is 66.4 cm³/mol. The van der Waals surface area contributed by atoms with Crippen LogP contribution in [0.4, 0.5) is 13.2 Å². The van der Waals surface area contributed by atoms with Gasteiger partial charge in [-0.15, -0.1) is 0 Å². The Morgan fingerprint density at radius 3 is 2.42 bits per heavy atom. The van der Waals surface area contributed by atoms with Gasteiger partial charge >= 0.3 is 0 Å². The molecule has 0 saturated carbocycles. The number of nitrogens with one attached hydrogen (secondary N) is 1. The lowest BCUT2D eigenvalue weighted by atomic mass is 9.83. The summed E-state index contributed by atoms with van der Waals surface area (Å²) in [6.45, 7) is 1.23.